The molecular formula is C24H25FN2O3. The molecule has 156 valence electrons. The van der Waals surface area contributed by atoms with Crippen molar-refractivity contribution in [3.63, 3.8) is 0 Å². The first-order chi connectivity index (χ1) is 14.7. The summed E-state index contributed by atoms with van der Waals surface area (Å²) in [7, 11) is 0. The van der Waals surface area contributed by atoms with E-state index in [-0.39, 0.29) is 24.1 Å². The summed E-state index contributed by atoms with van der Waals surface area (Å²) in [6, 6.07) is 17.0. The number of ether oxygens (including phenoxy) is 1. The van der Waals surface area contributed by atoms with E-state index in [1.807, 2.05) is 12.1 Å². The maximum atomic E-state index is 12.9. The van der Waals surface area contributed by atoms with E-state index in [2.05, 4.69) is 22.3 Å². The zero-order valence-corrected chi connectivity index (χ0v) is 16.8. The van der Waals surface area contributed by atoms with Crippen molar-refractivity contribution in [3.05, 3.63) is 83.6 Å². The van der Waals surface area contributed by atoms with Gasteiger partial charge in [-0.3, -0.25) is 4.79 Å². The first-order valence-electron chi connectivity index (χ1n) is 10.3. The van der Waals surface area contributed by atoms with E-state index in [0.29, 0.717) is 11.5 Å². The Balaban J connectivity index is 1.26. The van der Waals surface area contributed by atoms with Crippen molar-refractivity contribution in [3.8, 4) is 5.75 Å². The molecule has 1 aliphatic rings. The number of carbonyl (C=O) groups excluding carboxylic acids is 1. The maximum absolute atomic E-state index is 12.9. The monoisotopic (exact) mass is 408 g/mol. The number of furan rings is 1. The van der Waals surface area contributed by atoms with Gasteiger partial charge in [0, 0.05) is 12.2 Å². The van der Waals surface area contributed by atoms with Crippen molar-refractivity contribution in [1.29, 1.82) is 0 Å². The highest BCUT2D eigenvalue weighted by molar-refractivity contribution is 6.02. The molecule has 5 nitrogen and oxygen atoms in total. The molecule has 0 saturated carbocycles. The molecule has 2 heterocycles. The predicted octanol–water partition coefficient (Wildman–Crippen LogP) is 4.89. The Bertz CT molecular complexity index is 961. The van der Waals surface area contributed by atoms with Crippen LogP contribution in [0.2, 0.25) is 0 Å². The third kappa shape index (κ3) is 5.48. The molecule has 4 rings (SSSR count). The minimum Gasteiger partial charge on any atom is -0.486 e. The second-order valence-electron chi connectivity index (χ2n) is 7.46. The van der Waals surface area contributed by atoms with Crippen LogP contribution in [0.4, 0.5) is 10.1 Å². The fourth-order valence-corrected chi connectivity index (χ4v) is 3.50. The lowest BCUT2D eigenvalue weighted by Crippen LogP contribution is -2.21. The van der Waals surface area contributed by atoms with Crippen LogP contribution in [-0.2, 0) is 13.0 Å². The van der Waals surface area contributed by atoms with Gasteiger partial charge in [0.15, 0.2) is 5.76 Å². The summed E-state index contributed by atoms with van der Waals surface area (Å²) in [6.07, 6.45) is 3.62. The molecule has 1 amide bonds. The first-order valence-corrected chi connectivity index (χ1v) is 10.3. The largest absolute Gasteiger partial charge is 0.486 e. The van der Waals surface area contributed by atoms with Crippen LogP contribution in [0, 0.1) is 5.82 Å². The van der Waals surface area contributed by atoms with Crippen LogP contribution in [0.5, 0.6) is 5.75 Å². The van der Waals surface area contributed by atoms with E-state index in [9.17, 15) is 9.18 Å². The number of hydrogen-bond donors (Lipinski definition) is 1. The quantitative estimate of drug-likeness (QED) is 0.577. The average Bonchev–Trinajstić information content (AvgIpc) is 3.45. The lowest BCUT2D eigenvalue weighted by Gasteiger charge is -2.14. The molecular weight excluding hydrogens is 383 g/mol. The van der Waals surface area contributed by atoms with Gasteiger partial charge in [0.2, 0.25) is 0 Å². The summed E-state index contributed by atoms with van der Waals surface area (Å²) in [5.74, 6) is 0.628. The van der Waals surface area contributed by atoms with Crippen LogP contribution < -0.4 is 10.1 Å². The van der Waals surface area contributed by atoms with Gasteiger partial charge in [-0.2, -0.15) is 0 Å². The van der Waals surface area contributed by atoms with Crippen LogP contribution in [0.25, 0.3) is 0 Å². The van der Waals surface area contributed by atoms with Crippen molar-refractivity contribution in [2.45, 2.75) is 25.9 Å². The van der Waals surface area contributed by atoms with Crippen LogP contribution in [0.1, 0.15) is 34.7 Å². The minimum atomic E-state index is -0.320. The second-order valence-corrected chi connectivity index (χ2v) is 7.46. The van der Waals surface area contributed by atoms with Crippen molar-refractivity contribution >= 4 is 11.6 Å². The lowest BCUT2D eigenvalue weighted by molar-refractivity contribution is 0.0992. The van der Waals surface area contributed by atoms with Gasteiger partial charge in [0.1, 0.15) is 23.9 Å². The molecule has 1 N–H and O–H groups in total. The molecule has 0 bridgehead atoms. The highest BCUT2D eigenvalue weighted by Gasteiger charge is 2.13. The summed E-state index contributed by atoms with van der Waals surface area (Å²) in [5.41, 5.74) is 1.99. The molecule has 0 unspecified atom stereocenters. The third-order valence-electron chi connectivity index (χ3n) is 5.21. The molecule has 0 aliphatic carbocycles. The Kier molecular flexibility index (Phi) is 6.44. The van der Waals surface area contributed by atoms with Crippen LogP contribution in [0.15, 0.2) is 65.1 Å². The van der Waals surface area contributed by atoms with Crippen molar-refractivity contribution < 1.29 is 18.3 Å². The molecule has 0 atom stereocenters. The summed E-state index contributed by atoms with van der Waals surface area (Å²) in [5, 5.41) is 2.85. The molecule has 30 heavy (non-hydrogen) atoms. The van der Waals surface area contributed by atoms with Crippen molar-refractivity contribution in [1.82, 2.24) is 4.90 Å². The number of hydrogen-bond acceptors (Lipinski definition) is 4. The van der Waals surface area contributed by atoms with Gasteiger partial charge in [-0.05, 0) is 86.4 Å². The van der Waals surface area contributed by atoms with Crippen LogP contribution >= 0.6 is 0 Å². The summed E-state index contributed by atoms with van der Waals surface area (Å²) < 4.78 is 24.0. The van der Waals surface area contributed by atoms with E-state index < -0.39 is 0 Å². The van der Waals surface area contributed by atoms with Gasteiger partial charge < -0.3 is 19.4 Å². The topological polar surface area (TPSA) is 54.7 Å². The minimum absolute atomic E-state index is 0.157. The van der Waals surface area contributed by atoms with E-state index in [4.69, 9.17) is 9.15 Å². The smallest absolute Gasteiger partial charge is 0.291 e. The average molecular weight is 408 g/mol. The van der Waals surface area contributed by atoms with Gasteiger partial charge in [0.25, 0.3) is 5.91 Å². The third-order valence-corrected chi connectivity index (χ3v) is 5.21. The molecule has 2 aromatic carbocycles. The standard InChI is InChI=1S/C24H25FN2O3/c25-19-5-9-21(10-6-19)29-17-22-11-12-23(30-22)24(28)26-20-7-3-18(4-8-20)13-16-27-14-1-2-15-27/h3-12H,1-2,13-17H2,(H,26,28). The number of likely N-dealkylation sites (tertiary alicyclic amines) is 1. The summed E-state index contributed by atoms with van der Waals surface area (Å²) in [6.45, 7) is 3.65. The van der Waals surface area contributed by atoms with Crippen LogP contribution in [-0.4, -0.2) is 30.4 Å². The Morgan fingerprint density at radius 3 is 2.47 bits per heavy atom. The zero-order valence-electron chi connectivity index (χ0n) is 16.8. The molecule has 6 heteroatoms. The highest BCUT2D eigenvalue weighted by Crippen LogP contribution is 2.17. The Morgan fingerprint density at radius 1 is 1.00 bits per heavy atom. The number of halogens is 1. The maximum Gasteiger partial charge on any atom is 0.291 e. The number of benzene rings is 2. The highest BCUT2D eigenvalue weighted by atomic mass is 19.1. The molecule has 0 radical (unpaired) electrons. The molecule has 1 saturated heterocycles. The summed E-state index contributed by atoms with van der Waals surface area (Å²) >= 11 is 0. The zero-order chi connectivity index (χ0) is 20.8. The van der Waals surface area contributed by atoms with E-state index >= 15 is 0 Å². The molecule has 1 fully saturated rings. The summed E-state index contributed by atoms with van der Waals surface area (Å²) in [4.78, 5) is 14.9. The number of rotatable bonds is 8. The molecule has 3 aromatic rings. The lowest BCUT2D eigenvalue weighted by atomic mass is 10.1. The van der Waals surface area contributed by atoms with Crippen molar-refractivity contribution in [2.24, 2.45) is 0 Å². The van der Waals surface area contributed by atoms with Crippen LogP contribution in [0.3, 0.4) is 0 Å². The van der Waals surface area contributed by atoms with Gasteiger partial charge in [0.05, 0.1) is 0 Å². The van der Waals surface area contributed by atoms with E-state index in [1.165, 1.54) is 43.6 Å². The number of amides is 1. The molecule has 1 aromatic heterocycles. The van der Waals surface area contributed by atoms with Crippen molar-refractivity contribution in [2.75, 3.05) is 25.0 Å². The van der Waals surface area contributed by atoms with Gasteiger partial charge >= 0.3 is 0 Å². The fourth-order valence-electron chi connectivity index (χ4n) is 3.50. The number of nitrogens with zero attached hydrogens (tertiary/aromatic N) is 1. The molecule has 0 spiro atoms. The van der Waals surface area contributed by atoms with Gasteiger partial charge in [-0.25, -0.2) is 4.39 Å². The Hall–Kier alpha value is -3.12. The van der Waals surface area contributed by atoms with Gasteiger partial charge in [-0.1, -0.05) is 12.1 Å². The Morgan fingerprint density at radius 2 is 1.73 bits per heavy atom. The Labute approximate surface area is 175 Å². The van der Waals surface area contributed by atoms with Gasteiger partial charge in [-0.15, -0.1) is 0 Å². The first kappa shape index (κ1) is 20.2. The number of anilines is 1. The van der Waals surface area contributed by atoms with E-state index in [0.717, 1.165) is 18.7 Å². The second kappa shape index (κ2) is 9.59. The molecule has 1 aliphatic heterocycles. The number of nitrogens with one attached hydrogen (secondary N) is 1. The number of carbonyl (C=O) groups is 1. The fraction of sp³-hybridized carbons (Fsp3) is 0.292. The predicted molar refractivity (Wildman–Crippen MR) is 113 cm³/mol. The SMILES string of the molecule is O=C(Nc1ccc(CCN2CCCC2)cc1)c1ccc(COc2ccc(F)cc2)o1. The van der Waals surface area contributed by atoms with E-state index in [1.54, 1.807) is 24.3 Å². The normalized spacial score (nSPS) is 14.0.